The van der Waals surface area contributed by atoms with Crippen LogP contribution >= 0.6 is 11.3 Å². The molecule has 1 fully saturated rings. The highest BCUT2D eigenvalue weighted by Gasteiger charge is 2.30. The van der Waals surface area contributed by atoms with E-state index in [0.29, 0.717) is 16.8 Å². The Bertz CT molecular complexity index is 1090. The highest BCUT2D eigenvalue weighted by molar-refractivity contribution is 7.22. The first-order valence-corrected chi connectivity index (χ1v) is 11.0. The maximum absolute atomic E-state index is 11.8. The number of carbonyl (C=O) groups is 2. The molecule has 0 spiro atoms. The number of H-pyrrole nitrogens is 1. The van der Waals surface area contributed by atoms with Crippen LogP contribution in [0.3, 0.4) is 0 Å². The third-order valence-electron chi connectivity index (χ3n) is 4.94. The normalized spacial score (nSPS) is 18.3. The lowest BCUT2D eigenvalue weighted by Crippen LogP contribution is -2.33. The van der Waals surface area contributed by atoms with Crippen molar-refractivity contribution in [1.29, 1.82) is 0 Å². The van der Waals surface area contributed by atoms with Crippen molar-refractivity contribution in [2.24, 2.45) is 0 Å². The fourth-order valence-corrected chi connectivity index (χ4v) is 4.58. The minimum atomic E-state index is -0.366. The number of carbonyl (C=O) groups excluding carboxylic acids is 2. The lowest BCUT2D eigenvalue weighted by molar-refractivity contribution is -0.114. The molecule has 3 aromatic heterocycles. The van der Waals surface area contributed by atoms with Crippen molar-refractivity contribution in [3.63, 3.8) is 0 Å². The van der Waals surface area contributed by atoms with E-state index in [0.717, 1.165) is 35.2 Å². The van der Waals surface area contributed by atoms with Crippen molar-refractivity contribution in [2.75, 3.05) is 10.6 Å². The van der Waals surface area contributed by atoms with Crippen LogP contribution in [0.25, 0.3) is 10.2 Å². The Morgan fingerprint density at radius 2 is 2.16 bits per heavy atom. The van der Waals surface area contributed by atoms with Crippen molar-refractivity contribution in [1.82, 2.24) is 25.5 Å². The molecule has 1 unspecified atom stereocenters. The number of aromatic amines is 1. The Morgan fingerprint density at radius 1 is 1.32 bits per heavy atom. The number of aromatic nitrogens is 4. The summed E-state index contributed by atoms with van der Waals surface area (Å²) in [6.07, 6.45) is 3.71. The number of hydrogen-bond donors (Lipinski definition) is 4. The van der Waals surface area contributed by atoms with E-state index in [2.05, 4.69) is 36.1 Å². The number of thiazole rings is 1. The number of pyridine rings is 1. The van der Waals surface area contributed by atoms with Crippen molar-refractivity contribution >= 4 is 50.3 Å². The summed E-state index contributed by atoms with van der Waals surface area (Å²) in [6.45, 7) is 5.25. The van der Waals surface area contributed by atoms with Crippen molar-refractivity contribution in [2.45, 2.75) is 58.1 Å². The predicted molar refractivity (Wildman–Crippen MR) is 119 cm³/mol. The van der Waals surface area contributed by atoms with Gasteiger partial charge in [0.1, 0.15) is 6.10 Å². The van der Waals surface area contributed by atoms with E-state index in [1.807, 2.05) is 19.9 Å². The molecule has 4 rings (SSSR count). The second-order valence-corrected chi connectivity index (χ2v) is 8.88. The van der Waals surface area contributed by atoms with Crippen LogP contribution in [0.4, 0.5) is 21.6 Å². The average Bonchev–Trinajstić information content (AvgIpc) is 3.40. The molecule has 0 aliphatic heterocycles. The van der Waals surface area contributed by atoms with Crippen LogP contribution in [0.15, 0.2) is 18.3 Å². The number of amides is 2. The van der Waals surface area contributed by atoms with E-state index in [4.69, 9.17) is 4.74 Å². The first-order valence-electron chi connectivity index (χ1n) is 10.2. The molecule has 164 valence electrons. The summed E-state index contributed by atoms with van der Waals surface area (Å²) in [6, 6.07) is 3.81. The molecule has 31 heavy (non-hydrogen) atoms. The zero-order chi connectivity index (χ0) is 22.0. The van der Waals surface area contributed by atoms with Crippen molar-refractivity contribution in [3.8, 4) is 0 Å². The summed E-state index contributed by atoms with van der Waals surface area (Å²) < 4.78 is 6.34. The van der Waals surface area contributed by atoms with Crippen LogP contribution in [0.5, 0.6) is 0 Å². The fourth-order valence-electron chi connectivity index (χ4n) is 3.63. The molecule has 3 heterocycles. The number of rotatable bonds is 6. The minimum absolute atomic E-state index is 0.0527. The monoisotopic (exact) mass is 443 g/mol. The van der Waals surface area contributed by atoms with Crippen LogP contribution in [-0.4, -0.2) is 44.3 Å². The van der Waals surface area contributed by atoms with Crippen molar-refractivity contribution in [3.05, 3.63) is 24.0 Å². The van der Waals surface area contributed by atoms with Gasteiger partial charge in [0.05, 0.1) is 10.2 Å². The zero-order valence-electron chi connectivity index (χ0n) is 17.6. The van der Waals surface area contributed by atoms with Crippen LogP contribution in [0.1, 0.15) is 51.6 Å². The van der Waals surface area contributed by atoms with Gasteiger partial charge in [0.25, 0.3) is 0 Å². The third kappa shape index (κ3) is 5.10. The fraction of sp³-hybridized carbons (Fsp3) is 0.450. The summed E-state index contributed by atoms with van der Waals surface area (Å²) >= 11 is 1.35. The van der Waals surface area contributed by atoms with Crippen LogP contribution in [0.2, 0.25) is 0 Å². The molecule has 4 N–H and O–H groups in total. The molecule has 10 nitrogen and oxygen atoms in total. The number of fused-ring (bicyclic) bond motifs is 1. The highest BCUT2D eigenvalue weighted by atomic mass is 32.1. The van der Waals surface area contributed by atoms with E-state index in [1.165, 1.54) is 18.3 Å². The van der Waals surface area contributed by atoms with Gasteiger partial charge in [0.2, 0.25) is 5.91 Å². The Morgan fingerprint density at radius 3 is 2.94 bits per heavy atom. The quantitative estimate of drug-likeness (QED) is 0.454. The minimum Gasteiger partial charge on any atom is -0.446 e. The molecule has 0 radical (unpaired) electrons. The topological polar surface area (TPSA) is 134 Å². The van der Waals surface area contributed by atoms with Gasteiger partial charge in [-0.1, -0.05) is 11.3 Å². The summed E-state index contributed by atoms with van der Waals surface area (Å²) in [4.78, 5) is 31.9. The Hall–Kier alpha value is -3.21. The lowest BCUT2D eigenvalue weighted by atomic mass is 10.0. The molecule has 11 heteroatoms. The van der Waals surface area contributed by atoms with Gasteiger partial charge in [-0.05, 0) is 39.2 Å². The second-order valence-electron chi connectivity index (χ2n) is 7.88. The molecule has 0 saturated heterocycles. The second kappa shape index (κ2) is 8.88. The Balaban J connectivity index is 1.41. The van der Waals surface area contributed by atoms with Crippen LogP contribution < -0.4 is 16.0 Å². The number of nitrogens with zero attached hydrogens (tertiary/aromatic N) is 3. The molecule has 1 saturated carbocycles. The molecule has 3 aromatic rings. The molecular weight excluding hydrogens is 418 g/mol. The first-order chi connectivity index (χ1) is 14.9. The van der Waals surface area contributed by atoms with Crippen LogP contribution in [0, 0.1) is 0 Å². The third-order valence-corrected chi connectivity index (χ3v) is 5.93. The molecule has 1 aliphatic rings. The molecular formula is C20H25N7O3S. The lowest BCUT2D eigenvalue weighted by Gasteiger charge is -2.14. The van der Waals surface area contributed by atoms with Crippen LogP contribution in [-0.2, 0) is 9.53 Å². The van der Waals surface area contributed by atoms with Gasteiger partial charge < -0.3 is 20.7 Å². The average molecular weight is 444 g/mol. The maximum Gasteiger partial charge on any atom is 0.407 e. The van der Waals surface area contributed by atoms with E-state index in [9.17, 15) is 9.59 Å². The van der Waals surface area contributed by atoms with Gasteiger partial charge in [-0.25, -0.2) is 14.8 Å². The Labute approximate surface area is 183 Å². The maximum atomic E-state index is 11.8. The van der Waals surface area contributed by atoms with Gasteiger partial charge in [-0.3, -0.25) is 9.89 Å². The van der Waals surface area contributed by atoms with Gasteiger partial charge in [0, 0.05) is 36.8 Å². The number of anilines is 3. The standard InChI is InChI=1S/C20H25N7O3S/c1-10(2)22-20(29)30-13-5-4-12(8-13)15-9-16(27-26-15)25-18-17-14(6-7-21-18)24-19(31-17)23-11(3)28/h6-7,9-10,12-13H,4-5,8H2,1-3H3,(H,22,29)(H,23,24,28)(H2,21,25,26,27)/t12?,13-/m0/s1. The van der Waals surface area contributed by atoms with E-state index < -0.39 is 0 Å². The number of ether oxygens (including phenoxy) is 1. The predicted octanol–water partition coefficient (Wildman–Crippen LogP) is 3.89. The number of hydrogen-bond acceptors (Lipinski definition) is 8. The Kier molecular flexibility index (Phi) is 6.03. The SMILES string of the molecule is CC(=O)Nc1nc2ccnc(Nc3cc(C4CC[C@H](OC(=O)NC(C)C)C4)[nH]n3)c2s1. The van der Waals surface area contributed by atoms with Gasteiger partial charge in [-0.2, -0.15) is 5.10 Å². The molecule has 2 atom stereocenters. The van der Waals surface area contributed by atoms with E-state index in [-0.39, 0.29) is 30.1 Å². The van der Waals surface area contributed by atoms with Gasteiger partial charge in [0.15, 0.2) is 16.8 Å². The van der Waals surface area contributed by atoms with Gasteiger partial charge in [-0.15, -0.1) is 0 Å². The van der Waals surface area contributed by atoms with E-state index in [1.54, 1.807) is 12.3 Å². The summed E-state index contributed by atoms with van der Waals surface area (Å²) in [5, 5.41) is 16.7. The number of nitrogens with one attached hydrogen (secondary N) is 4. The molecule has 1 aliphatic carbocycles. The van der Waals surface area contributed by atoms with E-state index >= 15 is 0 Å². The van der Waals surface area contributed by atoms with Gasteiger partial charge >= 0.3 is 6.09 Å². The van der Waals surface area contributed by atoms with Crippen molar-refractivity contribution < 1.29 is 14.3 Å². The molecule has 0 aromatic carbocycles. The molecule has 0 bridgehead atoms. The smallest absolute Gasteiger partial charge is 0.407 e. The molecule has 2 amide bonds. The summed E-state index contributed by atoms with van der Waals surface area (Å²) in [5.74, 6) is 1.35. The summed E-state index contributed by atoms with van der Waals surface area (Å²) in [5.41, 5.74) is 1.74. The summed E-state index contributed by atoms with van der Waals surface area (Å²) in [7, 11) is 0. The zero-order valence-corrected chi connectivity index (χ0v) is 18.4. The first kappa shape index (κ1) is 21.0. The highest BCUT2D eigenvalue weighted by Crippen LogP contribution is 2.37. The number of alkyl carbamates (subject to hydrolysis) is 1. The largest absolute Gasteiger partial charge is 0.446 e.